The van der Waals surface area contributed by atoms with Crippen molar-refractivity contribution in [1.29, 1.82) is 5.26 Å². The number of halogens is 2. The molecule has 4 rings (SSSR count). The Bertz CT molecular complexity index is 1280. The first kappa shape index (κ1) is 21.5. The van der Waals surface area contributed by atoms with E-state index in [9.17, 15) is 17.9 Å². The van der Waals surface area contributed by atoms with Gasteiger partial charge < -0.3 is 10.1 Å². The van der Waals surface area contributed by atoms with Crippen LogP contribution < -0.4 is 0 Å². The molecule has 1 aliphatic heterocycles. The third kappa shape index (κ3) is 4.20. The third-order valence-corrected chi connectivity index (χ3v) is 7.60. The normalized spacial score (nSPS) is 15.7. The Morgan fingerprint density at radius 1 is 1.19 bits per heavy atom. The fourth-order valence-electron chi connectivity index (χ4n) is 3.46. The summed E-state index contributed by atoms with van der Waals surface area (Å²) in [5.41, 5.74) is 1.47. The molecule has 0 unspecified atom stereocenters. The quantitative estimate of drug-likeness (QED) is 0.618. The lowest BCUT2D eigenvalue weighted by atomic mass is 10.1. The number of hydrogen-bond donors (Lipinski definition) is 2. The maximum absolute atomic E-state index is 13.9. The summed E-state index contributed by atoms with van der Waals surface area (Å²) in [6.45, 7) is 0.443. The first-order valence-electron chi connectivity index (χ1n) is 9.53. The molecule has 0 atom stereocenters. The number of nitrogens with zero attached hydrogens (tertiary/aromatic N) is 3. The van der Waals surface area contributed by atoms with E-state index < -0.39 is 21.9 Å². The molecule has 0 bridgehead atoms. The summed E-state index contributed by atoms with van der Waals surface area (Å²) in [6, 6.07) is 10.6. The van der Waals surface area contributed by atoms with Crippen molar-refractivity contribution in [1.82, 2.24) is 14.3 Å². The van der Waals surface area contributed by atoms with Gasteiger partial charge in [-0.1, -0.05) is 17.7 Å². The molecule has 2 aromatic carbocycles. The lowest BCUT2D eigenvalue weighted by Gasteiger charge is -2.29. The highest BCUT2D eigenvalue weighted by Gasteiger charge is 2.30. The van der Waals surface area contributed by atoms with E-state index in [4.69, 9.17) is 16.9 Å². The third-order valence-electron chi connectivity index (χ3n) is 5.22. The van der Waals surface area contributed by atoms with Crippen LogP contribution in [0.25, 0.3) is 22.6 Å². The molecule has 2 heterocycles. The molecule has 3 aromatic rings. The fourth-order valence-corrected chi connectivity index (χ4v) is 5.43. The molecule has 31 heavy (non-hydrogen) atoms. The monoisotopic (exact) mass is 460 g/mol. The van der Waals surface area contributed by atoms with Crippen molar-refractivity contribution in [2.45, 2.75) is 23.8 Å². The SMILES string of the molecule is N#Cc1ccc(-c2cnc(-c3ccc(Cl)c(S(=O)(=O)N4CCC(O)CC4)c3)[nH]2)cc1F. The predicted molar refractivity (Wildman–Crippen MR) is 113 cm³/mol. The number of rotatable bonds is 4. The smallest absolute Gasteiger partial charge is 0.244 e. The zero-order chi connectivity index (χ0) is 22.2. The van der Waals surface area contributed by atoms with Crippen LogP contribution in [0.2, 0.25) is 5.02 Å². The van der Waals surface area contributed by atoms with Gasteiger partial charge in [0.2, 0.25) is 10.0 Å². The predicted octanol–water partition coefficient (Wildman–Crippen LogP) is 3.55. The maximum atomic E-state index is 13.9. The Labute approximate surface area is 183 Å². The lowest BCUT2D eigenvalue weighted by Crippen LogP contribution is -2.40. The van der Waals surface area contributed by atoms with Gasteiger partial charge in [-0.2, -0.15) is 9.57 Å². The van der Waals surface area contributed by atoms with Crippen LogP contribution in [-0.2, 0) is 10.0 Å². The van der Waals surface area contributed by atoms with E-state index in [2.05, 4.69) is 9.97 Å². The standard InChI is InChI=1S/C21H18ClFN4O3S/c22-17-4-3-14(10-20(17)31(29,30)27-7-5-16(28)6-8-27)21-25-12-19(26-21)13-1-2-15(11-24)18(23)9-13/h1-4,9-10,12,16,28H,5-8H2,(H,25,26). The van der Waals surface area contributed by atoms with Crippen LogP contribution in [-0.4, -0.2) is 47.0 Å². The first-order chi connectivity index (χ1) is 14.8. The van der Waals surface area contributed by atoms with E-state index in [1.165, 1.54) is 34.8 Å². The van der Waals surface area contributed by atoms with E-state index in [1.54, 1.807) is 18.2 Å². The van der Waals surface area contributed by atoms with E-state index in [0.29, 0.717) is 35.5 Å². The number of aliphatic hydroxyl groups excluding tert-OH is 1. The van der Waals surface area contributed by atoms with Gasteiger partial charge >= 0.3 is 0 Å². The number of piperidine rings is 1. The molecule has 0 aliphatic carbocycles. The number of aromatic amines is 1. The Hall–Kier alpha value is -2.77. The highest BCUT2D eigenvalue weighted by molar-refractivity contribution is 7.89. The van der Waals surface area contributed by atoms with Crippen molar-refractivity contribution in [2.24, 2.45) is 0 Å². The van der Waals surface area contributed by atoms with Crippen molar-refractivity contribution in [3.05, 3.63) is 59.0 Å². The van der Waals surface area contributed by atoms with Gasteiger partial charge in [-0.25, -0.2) is 17.8 Å². The van der Waals surface area contributed by atoms with Gasteiger partial charge in [-0.15, -0.1) is 0 Å². The zero-order valence-corrected chi connectivity index (χ0v) is 17.8. The first-order valence-corrected chi connectivity index (χ1v) is 11.3. The molecule has 7 nitrogen and oxygen atoms in total. The minimum absolute atomic E-state index is 0.0366. The maximum Gasteiger partial charge on any atom is 0.244 e. The second-order valence-corrected chi connectivity index (χ2v) is 9.55. The van der Waals surface area contributed by atoms with E-state index in [0.717, 1.165) is 0 Å². The Morgan fingerprint density at radius 2 is 1.90 bits per heavy atom. The number of nitrogens with one attached hydrogen (secondary N) is 1. The van der Waals surface area contributed by atoms with Crippen molar-refractivity contribution in [3.8, 4) is 28.7 Å². The molecule has 1 aromatic heterocycles. The average molecular weight is 461 g/mol. The van der Waals surface area contributed by atoms with Gasteiger partial charge in [0.15, 0.2) is 0 Å². The second kappa shape index (κ2) is 8.40. The number of benzene rings is 2. The molecule has 1 fully saturated rings. The number of sulfonamides is 1. The minimum atomic E-state index is -3.84. The van der Waals surface area contributed by atoms with Crippen LogP contribution in [0.1, 0.15) is 18.4 Å². The molecule has 1 saturated heterocycles. The molecule has 0 amide bonds. The van der Waals surface area contributed by atoms with Crippen molar-refractivity contribution < 1.29 is 17.9 Å². The Morgan fingerprint density at radius 3 is 2.58 bits per heavy atom. The van der Waals surface area contributed by atoms with Crippen molar-refractivity contribution in [3.63, 3.8) is 0 Å². The topological polar surface area (TPSA) is 110 Å². The summed E-state index contributed by atoms with van der Waals surface area (Å²) in [5, 5.41) is 18.6. The number of hydrogen-bond acceptors (Lipinski definition) is 5. The van der Waals surface area contributed by atoms with Crippen LogP contribution in [0, 0.1) is 17.1 Å². The highest BCUT2D eigenvalue weighted by Crippen LogP contribution is 2.31. The fraction of sp³-hybridized carbons (Fsp3) is 0.238. The van der Waals surface area contributed by atoms with E-state index in [1.807, 2.05) is 0 Å². The number of aliphatic hydroxyl groups is 1. The van der Waals surface area contributed by atoms with Gasteiger partial charge in [0, 0.05) is 24.2 Å². The zero-order valence-electron chi connectivity index (χ0n) is 16.2. The number of nitriles is 1. The molecule has 1 aliphatic rings. The molecule has 10 heteroatoms. The number of aromatic nitrogens is 2. The molecule has 0 saturated carbocycles. The largest absolute Gasteiger partial charge is 0.393 e. The summed E-state index contributed by atoms with van der Waals surface area (Å²) in [7, 11) is -3.84. The van der Waals surface area contributed by atoms with Crippen LogP contribution in [0.15, 0.2) is 47.5 Å². The van der Waals surface area contributed by atoms with E-state index >= 15 is 0 Å². The van der Waals surface area contributed by atoms with Crippen molar-refractivity contribution in [2.75, 3.05) is 13.1 Å². The second-order valence-electron chi connectivity index (χ2n) is 7.23. The van der Waals surface area contributed by atoms with Gasteiger partial charge in [0.1, 0.15) is 22.6 Å². The van der Waals surface area contributed by atoms with Gasteiger partial charge in [-0.3, -0.25) is 0 Å². The molecular formula is C21H18ClFN4O3S. The number of H-pyrrole nitrogens is 1. The summed E-state index contributed by atoms with van der Waals surface area (Å²) >= 11 is 6.21. The summed E-state index contributed by atoms with van der Waals surface area (Å²) in [4.78, 5) is 7.29. The Kier molecular flexibility index (Phi) is 5.81. The summed E-state index contributed by atoms with van der Waals surface area (Å²) in [5.74, 6) is -0.246. The van der Waals surface area contributed by atoms with Crippen LogP contribution in [0.3, 0.4) is 0 Å². The van der Waals surface area contributed by atoms with E-state index in [-0.39, 0.29) is 28.6 Å². The van der Waals surface area contributed by atoms with Crippen LogP contribution in [0.5, 0.6) is 0 Å². The minimum Gasteiger partial charge on any atom is -0.393 e. The molecule has 2 N–H and O–H groups in total. The average Bonchev–Trinajstić information content (AvgIpc) is 3.24. The summed E-state index contributed by atoms with van der Waals surface area (Å²) in [6.07, 6.45) is 1.76. The van der Waals surface area contributed by atoms with Crippen LogP contribution >= 0.6 is 11.6 Å². The van der Waals surface area contributed by atoms with Gasteiger partial charge in [-0.05, 0) is 43.2 Å². The van der Waals surface area contributed by atoms with Crippen LogP contribution in [0.4, 0.5) is 4.39 Å². The summed E-state index contributed by atoms with van der Waals surface area (Å²) < 4.78 is 41.4. The lowest BCUT2D eigenvalue weighted by molar-refractivity contribution is 0.113. The van der Waals surface area contributed by atoms with Gasteiger partial charge in [0.05, 0.1) is 28.6 Å². The molecule has 0 radical (unpaired) electrons. The molecule has 0 spiro atoms. The molecule has 160 valence electrons. The number of imidazole rings is 1. The Balaban J connectivity index is 1.66. The van der Waals surface area contributed by atoms with Gasteiger partial charge in [0.25, 0.3) is 0 Å². The molecular weight excluding hydrogens is 443 g/mol. The van der Waals surface area contributed by atoms with Crippen molar-refractivity contribution >= 4 is 21.6 Å². The highest BCUT2D eigenvalue weighted by atomic mass is 35.5.